The lowest BCUT2D eigenvalue weighted by atomic mass is 9.90. The van der Waals surface area contributed by atoms with Crippen molar-refractivity contribution in [2.75, 3.05) is 19.9 Å². The predicted molar refractivity (Wildman–Crippen MR) is 93.1 cm³/mol. The molecule has 2 unspecified atom stereocenters. The van der Waals surface area contributed by atoms with Crippen molar-refractivity contribution in [2.24, 2.45) is 0 Å². The fraction of sp³-hybridized carbons (Fsp3) is 0.529. The molecule has 3 amide bonds. The number of carbonyl (C=O) groups excluding carboxylic acids is 2. The lowest BCUT2D eigenvalue weighted by molar-refractivity contribution is -0.122. The van der Waals surface area contributed by atoms with Crippen LogP contribution in [0.2, 0.25) is 0 Å². The van der Waals surface area contributed by atoms with Crippen molar-refractivity contribution in [3.63, 3.8) is 0 Å². The van der Waals surface area contributed by atoms with E-state index in [1.165, 1.54) is 19.2 Å². The third-order valence-electron chi connectivity index (χ3n) is 4.26. The van der Waals surface area contributed by atoms with Crippen molar-refractivity contribution in [2.45, 2.75) is 42.6 Å². The van der Waals surface area contributed by atoms with Crippen molar-refractivity contribution in [1.29, 1.82) is 0 Å². The van der Waals surface area contributed by atoms with E-state index in [-0.39, 0.29) is 11.0 Å². The highest BCUT2D eigenvalue weighted by Crippen LogP contribution is 2.28. The van der Waals surface area contributed by atoms with Gasteiger partial charge in [0.25, 0.3) is 0 Å². The summed E-state index contributed by atoms with van der Waals surface area (Å²) in [4.78, 5) is 24.2. The molecule has 0 spiro atoms. The Morgan fingerprint density at radius 3 is 2.44 bits per heavy atom. The van der Waals surface area contributed by atoms with Crippen LogP contribution in [0.25, 0.3) is 0 Å². The Bertz CT molecular complexity index is 709. The van der Waals surface area contributed by atoms with Gasteiger partial charge in [-0.1, -0.05) is 12.1 Å². The minimum Gasteiger partial charge on any atom is -0.378 e. The van der Waals surface area contributed by atoms with Crippen LogP contribution in [0.3, 0.4) is 0 Å². The van der Waals surface area contributed by atoms with E-state index in [2.05, 4.69) is 10.6 Å². The van der Waals surface area contributed by atoms with Crippen LogP contribution in [0.5, 0.6) is 0 Å². The van der Waals surface area contributed by atoms with Gasteiger partial charge >= 0.3 is 6.03 Å². The lowest BCUT2D eigenvalue weighted by Crippen LogP contribution is -2.41. The third-order valence-corrected chi connectivity index (χ3v) is 5.39. The normalized spacial score (nSPS) is 19.0. The molecule has 2 atom stereocenters. The first kappa shape index (κ1) is 19.4. The van der Waals surface area contributed by atoms with Crippen molar-refractivity contribution in [3.8, 4) is 0 Å². The largest absolute Gasteiger partial charge is 0.378 e. The Morgan fingerprint density at radius 1 is 1.24 bits per heavy atom. The number of hydrogen-bond acceptors (Lipinski definition) is 5. The maximum atomic E-state index is 12.5. The molecular formula is C17H24N2O5S. The fourth-order valence-electron chi connectivity index (χ4n) is 2.86. The first-order valence-electron chi connectivity index (χ1n) is 8.25. The van der Waals surface area contributed by atoms with Gasteiger partial charge in [-0.05, 0) is 43.4 Å². The highest BCUT2D eigenvalue weighted by atomic mass is 32.2. The Labute approximate surface area is 148 Å². The number of amides is 3. The van der Waals surface area contributed by atoms with E-state index in [9.17, 15) is 18.0 Å². The number of rotatable bonds is 5. The standard InChI is InChI=1S/C17H24N2O5S/c1-18-17(21)19-16(20)15(11-13-5-3-4-10-24-13)12-6-8-14(9-7-12)25(2,22)23/h6-9,13,15H,3-5,10-11H2,1-2H3,(H2,18,19,20,21). The zero-order chi connectivity index (χ0) is 18.4. The number of hydrogen-bond donors (Lipinski definition) is 2. The summed E-state index contributed by atoms with van der Waals surface area (Å²) in [5, 5.41) is 4.65. The highest BCUT2D eigenvalue weighted by Gasteiger charge is 2.27. The molecule has 8 heteroatoms. The minimum atomic E-state index is -3.31. The average Bonchev–Trinajstić information content (AvgIpc) is 2.59. The number of benzene rings is 1. The monoisotopic (exact) mass is 368 g/mol. The van der Waals surface area contributed by atoms with Gasteiger partial charge in [0.2, 0.25) is 5.91 Å². The van der Waals surface area contributed by atoms with Crippen molar-refractivity contribution < 1.29 is 22.7 Å². The van der Waals surface area contributed by atoms with Crippen LogP contribution in [-0.4, -0.2) is 46.4 Å². The second-order valence-electron chi connectivity index (χ2n) is 6.19. The molecule has 7 nitrogen and oxygen atoms in total. The Hall–Kier alpha value is -1.93. The quantitative estimate of drug-likeness (QED) is 0.822. The van der Waals surface area contributed by atoms with Crippen LogP contribution in [-0.2, 0) is 19.4 Å². The molecule has 1 aromatic carbocycles. The topological polar surface area (TPSA) is 102 Å². The van der Waals surface area contributed by atoms with Gasteiger partial charge in [-0.15, -0.1) is 0 Å². The van der Waals surface area contributed by atoms with Crippen LogP contribution < -0.4 is 10.6 Å². The van der Waals surface area contributed by atoms with E-state index in [0.29, 0.717) is 18.6 Å². The molecular weight excluding hydrogens is 344 g/mol. The summed E-state index contributed by atoms with van der Waals surface area (Å²) in [6.45, 7) is 0.668. The molecule has 0 aliphatic carbocycles. The van der Waals surface area contributed by atoms with E-state index in [0.717, 1.165) is 25.5 Å². The summed E-state index contributed by atoms with van der Waals surface area (Å²) in [5.41, 5.74) is 0.656. The Kier molecular flexibility index (Phi) is 6.55. The number of ether oxygens (including phenoxy) is 1. The van der Waals surface area contributed by atoms with Crippen molar-refractivity contribution in [3.05, 3.63) is 29.8 Å². The zero-order valence-electron chi connectivity index (χ0n) is 14.4. The molecule has 1 aromatic rings. The van der Waals surface area contributed by atoms with E-state index in [1.807, 2.05) is 0 Å². The fourth-order valence-corrected chi connectivity index (χ4v) is 3.49. The maximum Gasteiger partial charge on any atom is 0.321 e. The molecule has 1 aliphatic rings. The molecule has 2 rings (SSSR count). The molecule has 1 heterocycles. The van der Waals surface area contributed by atoms with Crippen LogP contribution >= 0.6 is 0 Å². The smallest absolute Gasteiger partial charge is 0.321 e. The lowest BCUT2D eigenvalue weighted by Gasteiger charge is -2.26. The van der Waals surface area contributed by atoms with Gasteiger partial charge in [-0.25, -0.2) is 13.2 Å². The van der Waals surface area contributed by atoms with Gasteiger partial charge < -0.3 is 10.1 Å². The van der Waals surface area contributed by atoms with E-state index in [4.69, 9.17) is 4.74 Å². The molecule has 0 radical (unpaired) electrons. The molecule has 1 saturated heterocycles. The third kappa shape index (κ3) is 5.54. The van der Waals surface area contributed by atoms with Gasteiger partial charge in [0, 0.05) is 19.9 Å². The summed E-state index contributed by atoms with van der Waals surface area (Å²) in [7, 11) is -1.87. The molecule has 1 aliphatic heterocycles. The minimum absolute atomic E-state index is 0.0521. The number of carbonyl (C=O) groups is 2. The molecule has 25 heavy (non-hydrogen) atoms. The molecule has 0 bridgehead atoms. The van der Waals surface area contributed by atoms with E-state index in [1.54, 1.807) is 12.1 Å². The summed E-state index contributed by atoms with van der Waals surface area (Å²) >= 11 is 0. The second kappa shape index (κ2) is 8.44. The van der Waals surface area contributed by atoms with Crippen LogP contribution in [0.15, 0.2) is 29.2 Å². The van der Waals surface area contributed by atoms with Crippen molar-refractivity contribution in [1.82, 2.24) is 10.6 Å². The average molecular weight is 368 g/mol. The van der Waals surface area contributed by atoms with E-state index >= 15 is 0 Å². The summed E-state index contributed by atoms with van der Waals surface area (Å²) < 4.78 is 28.9. The molecule has 0 saturated carbocycles. The van der Waals surface area contributed by atoms with E-state index < -0.39 is 27.7 Å². The van der Waals surface area contributed by atoms with Crippen LogP contribution in [0, 0.1) is 0 Å². The van der Waals surface area contributed by atoms with Crippen LogP contribution in [0.4, 0.5) is 4.79 Å². The molecule has 138 valence electrons. The SMILES string of the molecule is CNC(=O)NC(=O)C(CC1CCCCO1)c1ccc(S(C)(=O)=O)cc1. The van der Waals surface area contributed by atoms with Crippen molar-refractivity contribution >= 4 is 21.8 Å². The summed E-state index contributed by atoms with van der Waals surface area (Å²) in [6.07, 6.45) is 4.44. The van der Waals surface area contributed by atoms with Gasteiger partial charge in [0.1, 0.15) is 0 Å². The first-order valence-corrected chi connectivity index (χ1v) is 10.1. The Morgan fingerprint density at radius 2 is 1.92 bits per heavy atom. The van der Waals surface area contributed by atoms with Gasteiger partial charge in [0.15, 0.2) is 9.84 Å². The zero-order valence-corrected chi connectivity index (χ0v) is 15.3. The number of sulfone groups is 1. The molecule has 1 fully saturated rings. The first-order chi connectivity index (χ1) is 11.8. The number of urea groups is 1. The van der Waals surface area contributed by atoms with Gasteiger partial charge in [-0.3, -0.25) is 10.1 Å². The maximum absolute atomic E-state index is 12.5. The molecule has 0 aromatic heterocycles. The summed E-state index contributed by atoms with van der Waals surface area (Å²) in [5.74, 6) is -1.02. The summed E-state index contributed by atoms with van der Waals surface area (Å²) in [6, 6.07) is 5.62. The van der Waals surface area contributed by atoms with Gasteiger partial charge in [0.05, 0.1) is 16.9 Å². The second-order valence-corrected chi connectivity index (χ2v) is 8.20. The Balaban J connectivity index is 2.22. The number of nitrogens with one attached hydrogen (secondary N) is 2. The highest BCUT2D eigenvalue weighted by molar-refractivity contribution is 7.90. The van der Waals surface area contributed by atoms with Crippen LogP contribution in [0.1, 0.15) is 37.2 Å². The van der Waals surface area contributed by atoms with Gasteiger partial charge in [-0.2, -0.15) is 0 Å². The number of imide groups is 1. The molecule has 2 N–H and O–H groups in total. The predicted octanol–water partition coefficient (Wildman–Crippen LogP) is 1.59.